The second-order valence-electron chi connectivity index (χ2n) is 6.64. The van der Waals surface area contributed by atoms with E-state index in [-0.39, 0.29) is 12.2 Å². The van der Waals surface area contributed by atoms with Gasteiger partial charge in [-0.25, -0.2) is 9.83 Å². The summed E-state index contributed by atoms with van der Waals surface area (Å²) in [6.45, 7) is 8.60. The number of pyridine rings is 1. The van der Waals surface area contributed by atoms with Crippen LogP contribution in [0.25, 0.3) is 16.1 Å². The molecule has 0 radical (unpaired) electrons. The summed E-state index contributed by atoms with van der Waals surface area (Å²) < 4.78 is 5.82. The third-order valence-corrected chi connectivity index (χ3v) is 4.38. The number of hydrogen-bond acceptors (Lipinski definition) is 5. The van der Waals surface area contributed by atoms with Crippen LogP contribution in [-0.2, 0) is 0 Å². The molecule has 0 aliphatic carbocycles. The Kier molecular flexibility index (Phi) is 6.75. The number of benzene rings is 2. The third kappa shape index (κ3) is 5.20. The molecule has 0 bridgehead atoms. The fourth-order valence-corrected chi connectivity index (χ4v) is 2.69. The Balaban J connectivity index is 1.72. The summed E-state index contributed by atoms with van der Waals surface area (Å²) in [7, 11) is 0. The average Bonchev–Trinajstić information content (AvgIpc) is 2.79. The Hall–Kier alpha value is -3.73. The molecular formula is C23H21N3O4. The zero-order valence-corrected chi connectivity index (χ0v) is 16.4. The maximum Gasteiger partial charge on any atom is 0.269 e. The van der Waals surface area contributed by atoms with Crippen molar-refractivity contribution in [3.8, 4) is 22.8 Å². The topological polar surface area (TPSA) is 96.0 Å². The zero-order valence-electron chi connectivity index (χ0n) is 16.4. The van der Waals surface area contributed by atoms with Gasteiger partial charge in [-0.1, -0.05) is 12.1 Å². The standard InChI is InChI=1S/C23H21N3O4/c1-15-6-9-19(12-22(15)24-2)30-18-10-7-16(8-11-18)20-4-3-5-21(26-20)23(29)25-13-17(28)14-27/h3-12,17,27-28H,13-14H2,1H3,(H,25,29)/t17-/m0/s1. The summed E-state index contributed by atoms with van der Waals surface area (Å²) in [5, 5.41) is 20.7. The van der Waals surface area contributed by atoms with E-state index in [1.54, 1.807) is 36.4 Å². The van der Waals surface area contributed by atoms with E-state index in [4.69, 9.17) is 16.4 Å². The van der Waals surface area contributed by atoms with Gasteiger partial charge in [0.1, 0.15) is 17.2 Å². The molecule has 3 N–H and O–H groups in total. The van der Waals surface area contributed by atoms with Crippen molar-refractivity contribution in [3.05, 3.63) is 83.3 Å². The number of carbonyl (C=O) groups excluding carboxylic acids is 1. The van der Waals surface area contributed by atoms with Crippen LogP contribution in [-0.4, -0.2) is 40.4 Å². The highest BCUT2D eigenvalue weighted by molar-refractivity contribution is 5.92. The minimum atomic E-state index is -1.01. The van der Waals surface area contributed by atoms with Gasteiger partial charge >= 0.3 is 0 Å². The van der Waals surface area contributed by atoms with Gasteiger partial charge in [0.25, 0.3) is 5.91 Å². The number of aromatic nitrogens is 1. The second-order valence-corrected chi connectivity index (χ2v) is 6.64. The van der Waals surface area contributed by atoms with Gasteiger partial charge < -0.3 is 20.3 Å². The predicted octanol–water partition coefficient (Wildman–Crippen LogP) is 3.48. The summed E-state index contributed by atoms with van der Waals surface area (Å²) in [6, 6.07) is 17.7. The maximum absolute atomic E-state index is 12.2. The molecule has 30 heavy (non-hydrogen) atoms. The molecule has 0 aliphatic heterocycles. The van der Waals surface area contributed by atoms with Crippen LogP contribution in [0.2, 0.25) is 0 Å². The molecule has 0 unspecified atom stereocenters. The smallest absolute Gasteiger partial charge is 0.269 e. The average molecular weight is 403 g/mol. The van der Waals surface area contributed by atoms with Crippen molar-refractivity contribution >= 4 is 11.6 Å². The van der Waals surface area contributed by atoms with E-state index in [9.17, 15) is 9.90 Å². The lowest BCUT2D eigenvalue weighted by Crippen LogP contribution is -2.34. The Morgan fingerprint density at radius 3 is 2.60 bits per heavy atom. The molecule has 7 heteroatoms. The van der Waals surface area contributed by atoms with Crippen LogP contribution < -0.4 is 10.1 Å². The summed E-state index contributed by atoms with van der Waals surface area (Å²) in [5.74, 6) is 0.769. The van der Waals surface area contributed by atoms with Gasteiger partial charge in [-0.15, -0.1) is 0 Å². The van der Waals surface area contributed by atoms with Crippen LogP contribution in [0.15, 0.2) is 60.7 Å². The molecule has 0 fully saturated rings. The van der Waals surface area contributed by atoms with Crippen molar-refractivity contribution in [2.45, 2.75) is 13.0 Å². The van der Waals surface area contributed by atoms with Gasteiger partial charge in [-0.05, 0) is 61.0 Å². The highest BCUT2D eigenvalue weighted by atomic mass is 16.5. The minimum Gasteiger partial charge on any atom is -0.459 e. The van der Waals surface area contributed by atoms with Crippen LogP contribution >= 0.6 is 0 Å². The van der Waals surface area contributed by atoms with E-state index in [0.717, 1.165) is 11.1 Å². The number of nitrogens with zero attached hydrogens (tertiary/aromatic N) is 2. The fraction of sp³-hybridized carbons (Fsp3) is 0.174. The number of ether oxygens (including phenoxy) is 1. The van der Waals surface area contributed by atoms with Gasteiger partial charge in [0.05, 0.1) is 25.0 Å². The molecule has 3 aromatic rings. The van der Waals surface area contributed by atoms with Gasteiger partial charge in [0, 0.05) is 12.1 Å². The van der Waals surface area contributed by atoms with E-state index < -0.39 is 18.6 Å². The molecule has 0 saturated carbocycles. The van der Waals surface area contributed by atoms with Crippen molar-refractivity contribution in [1.29, 1.82) is 0 Å². The first-order chi connectivity index (χ1) is 14.5. The van der Waals surface area contributed by atoms with Crippen molar-refractivity contribution in [3.63, 3.8) is 0 Å². The number of nitrogens with one attached hydrogen (secondary N) is 1. The molecule has 0 aliphatic rings. The lowest BCUT2D eigenvalue weighted by Gasteiger charge is -2.10. The summed E-state index contributed by atoms with van der Waals surface area (Å²) in [5.41, 5.74) is 3.08. The van der Waals surface area contributed by atoms with Gasteiger partial charge in [-0.3, -0.25) is 4.79 Å². The number of aryl methyl sites for hydroxylation is 1. The summed E-state index contributed by atoms with van der Waals surface area (Å²) in [4.78, 5) is 20.0. The van der Waals surface area contributed by atoms with E-state index >= 15 is 0 Å². The molecule has 152 valence electrons. The first kappa shape index (κ1) is 21.0. The van der Waals surface area contributed by atoms with Gasteiger partial charge in [0.2, 0.25) is 0 Å². The number of hydrogen-bond donors (Lipinski definition) is 3. The highest BCUT2D eigenvalue weighted by Gasteiger charge is 2.11. The molecule has 0 saturated heterocycles. The monoisotopic (exact) mass is 403 g/mol. The normalized spacial score (nSPS) is 11.4. The Bertz CT molecular complexity index is 1070. The third-order valence-electron chi connectivity index (χ3n) is 4.38. The van der Waals surface area contributed by atoms with Crippen molar-refractivity contribution in [2.24, 2.45) is 0 Å². The Morgan fingerprint density at radius 2 is 1.90 bits per heavy atom. The molecule has 1 atom stereocenters. The van der Waals surface area contributed by atoms with Crippen molar-refractivity contribution in [1.82, 2.24) is 10.3 Å². The minimum absolute atomic E-state index is 0.0541. The predicted molar refractivity (Wildman–Crippen MR) is 113 cm³/mol. The summed E-state index contributed by atoms with van der Waals surface area (Å²) >= 11 is 0. The molecular weight excluding hydrogens is 382 g/mol. The molecule has 0 spiro atoms. The lowest BCUT2D eigenvalue weighted by atomic mass is 10.1. The van der Waals surface area contributed by atoms with Gasteiger partial charge in [-0.2, -0.15) is 0 Å². The second kappa shape index (κ2) is 9.65. The number of aliphatic hydroxyl groups excluding tert-OH is 2. The largest absolute Gasteiger partial charge is 0.459 e. The Labute approximate surface area is 174 Å². The highest BCUT2D eigenvalue weighted by Crippen LogP contribution is 2.29. The maximum atomic E-state index is 12.2. The van der Waals surface area contributed by atoms with Crippen LogP contribution in [0.3, 0.4) is 0 Å². The van der Waals surface area contributed by atoms with Crippen molar-refractivity contribution < 1.29 is 19.7 Å². The van der Waals surface area contributed by atoms with E-state index in [2.05, 4.69) is 15.1 Å². The number of aliphatic hydroxyl groups is 2. The fourth-order valence-electron chi connectivity index (χ4n) is 2.69. The SMILES string of the molecule is [C-]#[N+]c1cc(Oc2ccc(-c3cccc(C(=O)NC[C@H](O)CO)n3)cc2)ccc1C. The lowest BCUT2D eigenvalue weighted by molar-refractivity contribution is 0.0799. The number of rotatable bonds is 7. The van der Waals surface area contributed by atoms with E-state index in [1.807, 2.05) is 31.2 Å². The molecule has 1 amide bonds. The first-order valence-electron chi connectivity index (χ1n) is 9.30. The number of carbonyl (C=O) groups is 1. The number of amides is 1. The van der Waals surface area contributed by atoms with Crippen LogP contribution in [0.5, 0.6) is 11.5 Å². The molecule has 1 heterocycles. The van der Waals surface area contributed by atoms with E-state index in [1.165, 1.54) is 0 Å². The van der Waals surface area contributed by atoms with Gasteiger partial charge in [0.15, 0.2) is 5.69 Å². The van der Waals surface area contributed by atoms with Crippen molar-refractivity contribution in [2.75, 3.05) is 13.2 Å². The van der Waals surface area contributed by atoms with E-state index in [0.29, 0.717) is 22.9 Å². The van der Waals surface area contributed by atoms with Crippen LogP contribution in [0, 0.1) is 13.5 Å². The van der Waals surface area contributed by atoms with Crippen LogP contribution in [0.4, 0.5) is 5.69 Å². The zero-order chi connectivity index (χ0) is 21.5. The van der Waals surface area contributed by atoms with Crippen LogP contribution in [0.1, 0.15) is 16.1 Å². The molecule has 1 aromatic heterocycles. The summed E-state index contributed by atoms with van der Waals surface area (Å²) in [6.07, 6.45) is -1.01. The first-order valence-corrected chi connectivity index (χ1v) is 9.30. The Morgan fingerprint density at radius 1 is 1.17 bits per heavy atom. The molecule has 2 aromatic carbocycles. The molecule has 3 rings (SSSR count). The quantitative estimate of drug-likeness (QED) is 0.525. The molecule has 7 nitrogen and oxygen atoms in total.